The summed E-state index contributed by atoms with van der Waals surface area (Å²) in [5.41, 5.74) is 1.74. The Kier molecular flexibility index (Phi) is 6.42. The Morgan fingerprint density at radius 1 is 1.48 bits per heavy atom. The first-order valence-corrected chi connectivity index (χ1v) is 7.27. The fraction of sp³-hybridized carbons (Fsp3) is 0.333. The van der Waals surface area contributed by atoms with Crippen molar-refractivity contribution in [1.29, 1.82) is 0 Å². The average Bonchev–Trinajstić information content (AvgIpc) is 2.43. The zero-order valence-electron chi connectivity index (χ0n) is 12.3. The van der Waals surface area contributed by atoms with Crippen LogP contribution in [0, 0.1) is 5.92 Å². The van der Waals surface area contributed by atoms with Crippen LogP contribution in [0.4, 0.5) is 5.69 Å². The van der Waals surface area contributed by atoms with Crippen molar-refractivity contribution >= 4 is 39.6 Å². The van der Waals surface area contributed by atoms with E-state index in [1.807, 2.05) is 37.1 Å². The summed E-state index contributed by atoms with van der Waals surface area (Å²) in [4.78, 5) is 24.0. The number of halogens is 1. The van der Waals surface area contributed by atoms with E-state index in [0.29, 0.717) is 6.54 Å². The smallest absolute Gasteiger partial charge is 0.328 e. The zero-order valence-corrected chi connectivity index (χ0v) is 13.8. The van der Waals surface area contributed by atoms with Gasteiger partial charge in [0.15, 0.2) is 0 Å². The van der Waals surface area contributed by atoms with Crippen LogP contribution < -0.4 is 10.2 Å². The van der Waals surface area contributed by atoms with E-state index in [4.69, 9.17) is 5.11 Å². The van der Waals surface area contributed by atoms with E-state index < -0.39 is 5.97 Å². The molecule has 1 aromatic rings. The van der Waals surface area contributed by atoms with E-state index in [2.05, 4.69) is 21.2 Å². The van der Waals surface area contributed by atoms with Crippen LogP contribution in [-0.2, 0) is 9.59 Å². The van der Waals surface area contributed by atoms with E-state index in [9.17, 15) is 9.59 Å². The predicted octanol–water partition coefficient (Wildman–Crippen LogP) is 2.37. The molecule has 0 aromatic heterocycles. The van der Waals surface area contributed by atoms with Crippen LogP contribution in [0.1, 0.15) is 12.5 Å². The maximum absolute atomic E-state index is 11.6. The minimum atomic E-state index is -0.980. The molecule has 21 heavy (non-hydrogen) atoms. The van der Waals surface area contributed by atoms with Crippen molar-refractivity contribution in [2.75, 3.05) is 25.5 Å². The molecular formula is C15H19BrN2O3. The molecule has 5 nitrogen and oxygen atoms in total. The van der Waals surface area contributed by atoms with E-state index in [-0.39, 0.29) is 11.8 Å². The third kappa shape index (κ3) is 5.23. The van der Waals surface area contributed by atoms with Crippen LogP contribution in [0.25, 0.3) is 6.08 Å². The molecule has 114 valence electrons. The second-order valence-corrected chi connectivity index (χ2v) is 5.63. The van der Waals surface area contributed by atoms with Gasteiger partial charge in [-0.1, -0.05) is 13.0 Å². The lowest BCUT2D eigenvalue weighted by Crippen LogP contribution is -2.34. The topological polar surface area (TPSA) is 69.6 Å². The van der Waals surface area contributed by atoms with Crippen molar-refractivity contribution in [3.05, 3.63) is 34.3 Å². The molecule has 1 amide bonds. The molecule has 1 aromatic carbocycles. The van der Waals surface area contributed by atoms with E-state index in [0.717, 1.165) is 21.8 Å². The number of benzene rings is 1. The van der Waals surface area contributed by atoms with Crippen LogP contribution in [0.15, 0.2) is 28.7 Å². The summed E-state index contributed by atoms with van der Waals surface area (Å²) in [6.07, 6.45) is 2.63. The summed E-state index contributed by atoms with van der Waals surface area (Å²) in [5.74, 6) is -1.11. The first-order valence-electron chi connectivity index (χ1n) is 6.48. The van der Waals surface area contributed by atoms with Gasteiger partial charge >= 0.3 is 5.97 Å². The number of rotatable bonds is 6. The number of carbonyl (C=O) groups excluding carboxylic acids is 1. The van der Waals surface area contributed by atoms with Gasteiger partial charge in [-0.15, -0.1) is 0 Å². The maximum Gasteiger partial charge on any atom is 0.328 e. The standard InChI is InChI=1S/C15H19BrN2O3/c1-10(15(21)17-2)9-18(3)13-6-4-11(8-12(13)16)5-7-14(19)20/h4-8,10H,9H2,1-3H3,(H,17,21)(H,19,20)/b7-5+. The third-order valence-corrected chi connectivity index (χ3v) is 3.68. The van der Waals surface area contributed by atoms with Gasteiger partial charge in [0.1, 0.15) is 0 Å². The molecule has 1 unspecified atom stereocenters. The zero-order chi connectivity index (χ0) is 16.0. The van der Waals surface area contributed by atoms with E-state index in [1.165, 1.54) is 6.08 Å². The van der Waals surface area contributed by atoms with Gasteiger partial charge in [0.2, 0.25) is 5.91 Å². The van der Waals surface area contributed by atoms with Crippen molar-refractivity contribution in [3.8, 4) is 0 Å². The van der Waals surface area contributed by atoms with Gasteiger partial charge in [0, 0.05) is 31.2 Å². The molecule has 0 aliphatic rings. The molecule has 1 atom stereocenters. The van der Waals surface area contributed by atoms with Crippen LogP contribution in [0.3, 0.4) is 0 Å². The molecule has 0 radical (unpaired) electrons. The Morgan fingerprint density at radius 2 is 2.14 bits per heavy atom. The molecule has 1 rings (SSSR count). The molecule has 0 saturated heterocycles. The van der Waals surface area contributed by atoms with Crippen molar-refractivity contribution in [2.24, 2.45) is 5.92 Å². The highest BCUT2D eigenvalue weighted by Gasteiger charge is 2.15. The molecule has 0 saturated carbocycles. The molecular weight excluding hydrogens is 336 g/mol. The fourth-order valence-corrected chi connectivity index (χ4v) is 2.64. The highest BCUT2D eigenvalue weighted by molar-refractivity contribution is 9.10. The Morgan fingerprint density at radius 3 is 2.67 bits per heavy atom. The number of aliphatic carboxylic acids is 1. The molecule has 0 spiro atoms. The van der Waals surface area contributed by atoms with Crippen molar-refractivity contribution < 1.29 is 14.7 Å². The third-order valence-electron chi connectivity index (χ3n) is 3.04. The summed E-state index contributed by atoms with van der Waals surface area (Å²) in [6.45, 7) is 2.45. The van der Waals surface area contributed by atoms with Crippen molar-refractivity contribution in [2.45, 2.75) is 6.92 Å². The fourth-order valence-electron chi connectivity index (χ4n) is 1.94. The summed E-state index contributed by atoms with van der Waals surface area (Å²) in [5, 5.41) is 11.2. The number of hydrogen-bond acceptors (Lipinski definition) is 3. The molecule has 2 N–H and O–H groups in total. The van der Waals surface area contributed by atoms with Gasteiger partial charge in [-0.3, -0.25) is 4.79 Å². The second kappa shape index (κ2) is 7.83. The summed E-state index contributed by atoms with van der Waals surface area (Å²) < 4.78 is 0.849. The highest BCUT2D eigenvalue weighted by atomic mass is 79.9. The quantitative estimate of drug-likeness (QED) is 0.769. The molecule has 0 aliphatic heterocycles. The molecule has 0 fully saturated rings. The van der Waals surface area contributed by atoms with Crippen LogP contribution in [0.5, 0.6) is 0 Å². The monoisotopic (exact) mass is 354 g/mol. The number of amides is 1. The van der Waals surface area contributed by atoms with Crippen LogP contribution >= 0.6 is 15.9 Å². The van der Waals surface area contributed by atoms with Gasteiger partial charge < -0.3 is 15.3 Å². The van der Waals surface area contributed by atoms with E-state index >= 15 is 0 Å². The largest absolute Gasteiger partial charge is 0.478 e. The molecule has 0 aliphatic carbocycles. The minimum absolute atomic E-state index is 0.000941. The van der Waals surface area contributed by atoms with Gasteiger partial charge in [0.25, 0.3) is 0 Å². The lowest BCUT2D eigenvalue weighted by atomic mass is 10.1. The predicted molar refractivity (Wildman–Crippen MR) is 87.3 cm³/mol. The average molecular weight is 355 g/mol. The van der Waals surface area contributed by atoms with Crippen LogP contribution in [0.2, 0.25) is 0 Å². The number of nitrogens with one attached hydrogen (secondary N) is 1. The second-order valence-electron chi connectivity index (χ2n) is 4.78. The molecule has 0 heterocycles. The normalized spacial score (nSPS) is 12.2. The lowest BCUT2D eigenvalue weighted by Gasteiger charge is -2.24. The van der Waals surface area contributed by atoms with Crippen LogP contribution in [-0.4, -0.2) is 37.6 Å². The summed E-state index contributed by atoms with van der Waals surface area (Å²) in [7, 11) is 3.53. The Hall–Kier alpha value is -1.82. The number of hydrogen-bond donors (Lipinski definition) is 2. The minimum Gasteiger partial charge on any atom is -0.478 e. The van der Waals surface area contributed by atoms with Gasteiger partial charge in [-0.05, 0) is 39.7 Å². The molecule has 6 heteroatoms. The van der Waals surface area contributed by atoms with Crippen molar-refractivity contribution in [3.63, 3.8) is 0 Å². The number of carbonyl (C=O) groups is 2. The van der Waals surface area contributed by atoms with Gasteiger partial charge in [0.05, 0.1) is 11.6 Å². The summed E-state index contributed by atoms with van der Waals surface area (Å²) in [6, 6.07) is 5.57. The number of carboxylic acids is 1. The Bertz CT molecular complexity index is 558. The Balaban J connectivity index is 2.84. The Labute approximate surface area is 132 Å². The number of carboxylic acid groups (broad SMARTS) is 1. The first-order chi connectivity index (χ1) is 9.85. The SMILES string of the molecule is CNC(=O)C(C)CN(C)c1ccc(/C=C/C(=O)O)cc1Br. The highest BCUT2D eigenvalue weighted by Crippen LogP contribution is 2.27. The van der Waals surface area contributed by atoms with Crippen molar-refractivity contribution in [1.82, 2.24) is 5.32 Å². The number of nitrogens with zero attached hydrogens (tertiary/aromatic N) is 1. The molecule has 0 bridgehead atoms. The lowest BCUT2D eigenvalue weighted by molar-refractivity contribution is -0.131. The maximum atomic E-state index is 11.6. The van der Waals surface area contributed by atoms with Gasteiger partial charge in [-0.25, -0.2) is 4.79 Å². The van der Waals surface area contributed by atoms with E-state index in [1.54, 1.807) is 7.05 Å². The van der Waals surface area contributed by atoms with Gasteiger partial charge in [-0.2, -0.15) is 0 Å². The summed E-state index contributed by atoms with van der Waals surface area (Å²) >= 11 is 3.48. The first kappa shape index (κ1) is 17.2. The number of anilines is 1.